The summed E-state index contributed by atoms with van der Waals surface area (Å²) < 4.78 is 43.5. The molecule has 1 fully saturated rings. The fraction of sp³-hybridized carbons (Fsp3) is 0.800. The second-order valence-corrected chi connectivity index (χ2v) is 18.0. The van der Waals surface area contributed by atoms with Crippen molar-refractivity contribution in [1.82, 2.24) is 37.0 Å². The van der Waals surface area contributed by atoms with Crippen molar-refractivity contribution >= 4 is 53.3 Å². The minimum absolute atomic E-state index is 0.0256. The van der Waals surface area contributed by atoms with Crippen LogP contribution in [0.25, 0.3) is 0 Å². The minimum Gasteiger partial charge on any atom is -0.481 e. The number of hydrogen-bond acceptors (Lipinski definition) is 20. The number of hydrogen-bond donors (Lipinski definition) is 12. The van der Waals surface area contributed by atoms with E-state index in [9.17, 15) is 43.6 Å². The van der Waals surface area contributed by atoms with Gasteiger partial charge in [0.15, 0.2) is 5.96 Å². The summed E-state index contributed by atoms with van der Waals surface area (Å²) in [5.41, 5.74) is 9.67. The first kappa shape index (κ1) is 67.6. The summed E-state index contributed by atoms with van der Waals surface area (Å²) in [7, 11) is 0. The molecule has 0 unspecified atom stereocenters. The third-order valence-electron chi connectivity index (χ3n) is 10.7. The van der Waals surface area contributed by atoms with E-state index in [0.29, 0.717) is 98.7 Å². The number of aliphatic hydroxyl groups is 1. The van der Waals surface area contributed by atoms with E-state index in [-0.39, 0.29) is 56.9 Å². The van der Waals surface area contributed by atoms with Crippen molar-refractivity contribution in [3.63, 3.8) is 0 Å². The van der Waals surface area contributed by atoms with E-state index in [4.69, 9.17) is 64.7 Å². The average molecular weight is 1080 g/mol. The van der Waals surface area contributed by atoms with E-state index in [1.807, 2.05) is 33.0 Å². The number of amides is 6. The summed E-state index contributed by atoms with van der Waals surface area (Å²) >= 11 is 0. The molecule has 0 radical (unpaired) electrons. The van der Waals surface area contributed by atoms with Crippen molar-refractivity contribution in [3.8, 4) is 0 Å². The Morgan fingerprint density at radius 2 is 1.04 bits per heavy atom. The van der Waals surface area contributed by atoms with Gasteiger partial charge in [-0.3, -0.25) is 38.6 Å². The van der Waals surface area contributed by atoms with Crippen LogP contribution in [0.1, 0.15) is 59.8 Å². The molecule has 30 nitrogen and oxygen atoms in total. The maximum absolute atomic E-state index is 13.0. The highest BCUT2D eigenvalue weighted by Gasteiger charge is 2.47. The second-order valence-electron chi connectivity index (χ2n) is 18.0. The van der Waals surface area contributed by atoms with Gasteiger partial charge in [-0.05, 0) is 53.4 Å². The Kier molecular flexibility index (Phi) is 35.2. The molecule has 30 heteroatoms. The number of carbonyl (C=O) groups excluding carboxylic acids is 6. The van der Waals surface area contributed by atoms with Crippen LogP contribution in [0.15, 0.2) is 4.99 Å². The molecule has 3 atom stereocenters. The number of aliphatic imine (C=N–C) groups is 1. The number of nitrogens with two attached hydrogens (primary N) is 2. The standard InChI is InChI=1S/C45H82N10O20/c1-44(2)25-31(26-45(3,4)55(44)67)39(62)49-9-11-69-13-15-71-17-19-73-21-23-74-22-20-72-18-16-70-14-12-68-10-8-48-36(58)29-75-30-37(59)52-32(6-5-7-50-43(46)47)40(63)51-27-35(57)53-33(24-38(60)61)41(64)54-34(28-56)42(65)66/h31-34,56,67H,5-30H2,1-4H3,(H,48,58)(H,49,62)(H,51,63)(H,52,59)(H,53,57)(H,54,64)(H,60,61)(H,65,66)(H4,46,47,50)/t32-,33-,34-/m0/s1. The first-order valence-corrected chi connectivity index (χ1v) is 24.5. The zero-order valence-electron chi connectivity index (χ0n) is 43.6. The van der Waals surface area contributed by atoms with Gasteiger partial charge in [0.2, 0.25) is 35.4 Å². The maximum Gasteiger partial charge on any atom is 0.328 e. The number of rotatable bonds is 44. The van der Waals surface area contributed by atoms with Crippen molar-refractivity contribution < 1.29 is 96.8 Å². The summed E-state index contributed by atoms with van der Waals surface area (Å²) in [5, 5.41) is 53.2. The number of piperidine rings is 1. The maximum atomic E-state index is 13.0. The van der Waals surface area contributed by atoms with E-state index in [1.54, 1.807) is 0 Å². The van der Waals surface area contributed by atoms with Gasteiger partial charge in [0.1, 0.15) is 31.3 Å². The first-order valence-electron chi connectivity index (χ1n) is 24.5. The zero-order chi connectivity index (χ0) is 56.1. The number of ether oxygens (including phenoxy) is 8. The molecule has 1 aliphatic rings. The Balaban J connectivity index is 2.09. The van der Waals surface area contributed by atoms with Crippen LogP contribution in [-0.2, 0) is 76.3 Å². The van der Waals surface area contributed by atoms with Crippen molar-refractivity contribution in [2.45, 2.75) is 89.0 Å². The minimum atomic E-state index is -1.77. The molecule has 0 aromatic rings. The lowest BCUT2D eigenvalue weighted by atomic mass is 9.75. The fourth-order valence-electron chi connectivity index (χ4n) is 7.20. The molecule has 6 amide bonds. The zero-order valence-corrected chi connectivity index (χ0v) is 43.6. The van der Waals surface area contributed by atoms with Crippen LogP contribution in [-0.4, -0.2) is 247 Å². The van der Waals surface area contributed by atoms with Gasteiger partial charge in [-0.15, -0.1) is 0 Å². The third kappa shape index (κ3) is 32.6. The number of carboxylic acid groups (broad SMARTS) is 2. The predicted molar refractivity (Wildman–Crippen MR) is 263 cm³/mol. The number of nitrogens with one attached hydrogen (secondary N) is 6. The van der Waals surface area contributed by atoms with Crippen LogP contribution in [0.4, 0.5) is 0 Å². The average Bonchev–Trinajstić information content (AvgIpc) is 3.34. The Labute approximate surface area is 436 Å². The van der Waals surface area contributed by atoms with E-state index in [2.05, 4.69) is 31.6 Å². The Morgan fingerprint density at radius 1 is 0.587 bits per heavy atom. The highest BCUT2D eigenvalue weighted by molar-refractivity contribution is 5.95. The van der Waals surface area contributed by atoms with E-state index >= 15 is 0 Å². The number of hydroxylamine groups is 2. The number of guanidine groups is 1. The van der Waals surface area contributed by atoms with Gasteiger partial charge in [-0.25, -0.2) is 4.79 Å². The van der Waals surface area contributed by atoms with Crippen molar-refractivity contribution in [3.05, 3.63) is 0 Å². The molecular formula is C45H82N10O20. The normalized spacial score (nSPS) is 15.4. The molecule has 0 spiro atoms. The number of aliphatic carboxylic acids is 2. The highest BCUT2D eigenvalue weighted by Crippen LogP contribution is 2.39. The van der Waals surface area contributed by atoms with Crippen molar-refractivity contribution in [1.29, 1.82) is 0 Å². The lowest BCUT2D eigenvalue weighted by Crippen LogP contribution is -2.60. The van der Waals surface area contributed by atoms with Crippen LogP contribution >= 0.6 is 0 Å². The topological polar surface area (TPSA) is 431 Å². The summed E-state index contributed by atoms with van der Waals surface area (Å²) in [6.45, 7) is 10.4. The lowest BCUT2D eigenvalue weighted by Gasteiger charge is -2.51. The largest absolute Gasteiger partial charge is 0.481 e. The molecule has 0 aliphatic carbocycles. The van der Waals surface area contributed by atoms with Gasteiger partial charge in [0.05, 0.1) is 112 Å². The van der Waals surface area contributed by atoms with Crippen LogP contribution in [0.3, 0.4) is 0 Å². The van der Waals surface area contributed by atoms with Crippen LogP contribution in [0, 0.1) is 5.92 Å². The monoisotopic (exact) mass is 1080 g/mol. The molecular weight excluding hydrogens is 1000 g/mol. The van der Waals surface area contributed by atoms with Gasteiger partial charge in [-0.1, -0.05) is 0 Å². The molecule has 1 rings (SSSR count). The Morgan fingerprint density at radius 3 is 1.49 bits per heavy atom. The van der Waals surface area contributed by atoms with E-state index in [0.717, 1.165) is 0 Å². The third-order valence-corrected chi connectivity index (χ3v) is 10.7. The van der Waals surface area contributed by atoms with Gasteiger partial charge in [0, 0.05) is 36.6 Å². The molecule has 0 aromatic heterocycles. The molecule has 1 saturated heterocycles. The quantitative estimate of drug-likeness (QED) is 0.0155. The van der Waals surface area contributed by atoms with Crippen molar-refractivity contribution in [2.24, 2.45) is 22.4 Å². The van der Waals surface area contributed by atoms with Gasteiger partial charge >= 0.3 is 11.9 Å². The van der Waals surface area contributed by atoms with Crippen LogP contribution in [0.5, 0.6) is 0 Å². The summed E-state index contributed by atoms with van der Waals surface area (Å²) in [6, 6.07) is -4.80. The summed E-state index contributed by atoms with van der Waals surface area (Å²) in [4.78, 5) is 102. The molecule has 1 aliphatic heterocycles. The smallest absolute Gasteiger partial charge is 0.328 e. The highest BCUT2D eigenvalue weighted by atomic mass is 16.6. The lowest BCUT2D eigenvalue weighted by molar-refractivity contribution is -0.249. The van der Waals surface area contributed by atoms with Crippen LogP contribution in [0.2, 0.25) is 0 Å². The number of carboxylic acids is 2. The SMILES string of the molecule is CC1(C)CC(C(=O)NCCOCCOCCOCCOCCOCCOCCOCCNC(=O)COCC(=O)N[C@@H](CCCN=C(N)N)C(=O)NCC(=O)N[C@@H](CC(=O)O)C(=O)N[C@@H](CO)C(=O)O)CC(C)(C)N1O. The molecule has 432 valence electrons. The Bertz CT molecular complexity index is 1740. The number of aliphatic hydroxyl groups excluding tert-OH is 1. The molecule has 14 N–H and O–H groups in total. The van der Waals surface area contributed by atoms with Crippen molar-refractivity contribution in [2.75, 3.05) is 138 Å². The summed E-state index contributed by atoms with van der Waals surface area (Å²) in [5.74, 6) is -8.02. The van der Waals surface area contributed by atoms with E-state index < -0.39 is 103 Å². The molecule has 1 heterocycles. The molecule has 0 bridgehead atoms. The second kappa shape index (κ2) is 39.0. The molecule has 0 aromatic carbocycles. The summed E-state index contributed by atoms with van der Waals surface area (Å²) in [6.07, 6.45) is 0.350. The first-order chi connectivity index (χ1) is 35.6. The molecule has 75 heavy (non-hydrogen) atoms. The molecule has 0 saturated carbocycles. The predicted octanol–water partition coefficient (Wildman–Crippen LogP) is -4.81. The Hall–Kier alpha value is -5.41. The van der Waals surface area contributed by atoms with Crippen LogP contribution < -0.4 is 43.4 Å². The van der Waals surface area contributed by atoms with Gasteiger partial charge < -0.3 is 102 Å². The fourth-order valence-corrected chi connectivity index (χ4v) is 7.20. The number of carbonyl (C=O) groups is 8. The van der Waals surface area contributed by atoms with Gasteiger partial charge in [0.25, 0.3) is 0 Å². The number of nitrogens with zero attached hydrogens (tertiary/aromatic N) is 2. The van der Waals surface area contributed by atoms with E-state index in [1.165, 1.54) is 5.06 Å². The van der Waals surface area contributed by atoms with Gasteiger partial charge in [-0.2, -0.15) is 5.06 Å².